The predicted octanol–water partition coefficient (Wildman–Crippen LogP) is 1.92. The van der Waals surface area contributed by atoms with Crippen LogP contribution in [0.5, 0.6) is 0 Å². The molecule has 1 aromatic heterocycles. The topological polar surface area (TPSA) is 74.3 Å². The Bertz CT molecular complexity index is 814. The number of nitrogens with zero attached hydrogens (tertiary/aromatic N) is 2. The molecule has 0 aliphatic carbocycles. The molecule has 2 amide bonds. The van der Waals surface area contributed by atoms with E-state index in [9.17, 15) is 14.0 Å². The number of carbonyl (C=O) groups excluding carboxylic acids is 2. The van der Waals surface area contributed by atoms with E-state index < -0.39 is 11.9 Å². The van der Waals surface area contributed by atoms with E-state index in [0.29, 0.717) is 36.6 Å². The molecule has 2 heterocycles. The summed E-state index contributed by atoms with van der Waals surface area (Å²) in [6, 6.07) is 9.44. The molecular formula is C20H22ClFN4O2. The average Bonchev–Trinajstić information content (AvgIpc) is 2.68. The van der Waals surface area contributed by atoms with Crippen LogP contribution in [-0.2, 0) is 22.6 Å². The van der Waals surface area contributed by atoms with Gasteiger partial charge in [0.15, 0.2) is 0 Å². The third kappa shape index (κ3) is 5.27. The van der Waals surface area contributed by atoms with Gasteiger partial charge in [-0.25, -0.2) is 4.39 Å². The van der Waals surface area contributed by atoms with Gasteiger partial charge in [0.1, 0.15) is 5.82 Å². The maximum absolute atomic E-state index is 14.1. The monoisotopic (exact) mass is 404 g/mol. The summed E-state index contributed by atoms with van der Waals surface area (Å²) in [4.78, 5) is 30.7. The lowest BCUT2D eigenvalue weighted by atomic mass is 10.1. The van der Waals surface area contributed by atoms with Gasteiger partial charge in [-0.05, 0) is 24.3 Å². The summed E-state index contributed by atoms with van der Waals surface area (Å²) >= 11 is 6.11. The molecule has 2 aromatic rings. The third-order valence-electron chi connectivity index (χ3n) is 4.67. The zero-order valence-electron chi connectivity index (χ0n) is 15.3. The number of hydrogen-bond donors (Lipinski definition) is 2. The van der Waals surface area contributed by atoms with E-state index in [1.807, 2.05) is 18.2 Å². The molecule has 1 saturated heterocycles. The first kappa shape index (κ1) is 20.2. The fourth-order valence-electron chi connectivity index (χ4n) is 3.18. The molecule has 0 saturated carbocycles. The smallest absolute Gasteiger partial charge is 0.237 e. The second kappa shape index (κ2) is 9.61. The first-order valence-electron chi connectivity index (χ1n) is 9.16. The summed E-state index contributed by atoms with van der Waals surface area (Å²) in [6.07, 6.45) is 2.31. The van der Waals surface area contributed by atoms with E-state index in [0.717, 1.165) is 5.69 Å². The molecule has 1 atom stereocenters. The number of piperazine rings is 1. The van der Waals surface area contributed by atoms with E-state index in [4.69, 9.17) is 11.6 Å². The van der Waals surface area contributed by atoms with Crippen LogP contribution < -0.4 is 10.6 Å². The standard InChI is InChI=1S/C20H22ClFN4O2/c21-16-5-3-6-17(22)15(16)13-26-11-10-25-20(28)18(26)12-19(27)24-9-7-14-4-1-2-8-23-14/h1-6,8,18H,7,9-13H2,(H,24,27)(H,25,28)/t18-/m1/s1. The van der Waals surface area contributed by atoms with Crippen LogP contribution in [0.4, 0.5) is 4.39 Å². The maximum Gasteiger partial charge on any atom is 0.237 e. The van der Waals surface area contributed by atoms with Gasteiger partial charge < -0.3 is 10.6 Å². The van der Waals surface area contributed by atoms with Crippen molar-refractivity contribution in [3.05, 3.63) is 64.7 Å². The Balaban J connectivity index is 1.59. The number of hydrogen-bond acceptors (Lipinski definition) is 4. The van der Waals surface area contributed by atoms with Crippen molar-refractivity contribution in [2.45, 2.75) is 25.4 Å². The summed E-state index contributed by atoms with van der Waals surface area (Å²) in [7, 11) is 0. The number of benzene rings is 1. The van der Waals surface area contributed by atoms with Gasteiger partial charge in [0, 0.05) is 55.1 Å². The van der Waals surface area contributed by atoms with Crippen molar-refractivity contribution in [1.29, 1.82) is 0 Å². The molecule has 2 N–H and O–H groups in total. The third-order valence-corrected chi connectivity index (χ3v) is 5.03. The molecule has 1 aromatic carbocycles. The number of nitrogens with one attached hydrogen (secondary N) is 2. The Morgan fingerprint density at radius 3 is 2.93 bits per heavy atom. The lowest BCUT2D eigenvalue weighted by molar-refractivity contribution is -0.134. The van der Waals surface area contributed by atoms with Crippen LogP contribution in [0.2, 0.25) is 5.02 Å². The lowest BCUT2D eigenvalue weighted by Gasteiger charge is -2.35. The second-order valence-electron chi connectivity index (χ2n) is 6.60. The van der Waals surface area contributed by atoms with Gasteiger partial charge >= 0.3 is 0 Å². The molecule has 1 aliphatic heterocycles. The largest absolute Gasteiger partial charge is 0.356 e. The van der Waals surface area contributed by atoms with E-state index in [2.05, 4.69) is 15.6 Å². The van der Waals surface area contributed by atoms with Crippen LogP contribution >= 0.6 is 11.6 Å². The van der Waals surface area contributed by atoms with E-state index in [1.165, 1.54) is 12.1 Å². The maximum atomic E-state index is 14.1. The molecule has 0 radical (unpaired) electrons. The Kier molecular flexibility index (Phi) is 6.95. The Morgan fingerprint density at radius 1 is 1.32 bits per heavy atom. The SMILES string of the molecule is O=C(C[C@@H]1C(=O)NCCN1Cc1c(F)cccc1Cl)NCCc1ccccn1. The van der Waals surface area contributed by atoms with Crippen LogP contribution in [-0.4, -0.2) is 47.4 Å². The molecule has 6 nitrogen and oxygen atoms in total. The molecule has 28 heavy (non-hydrogen) atoms. The minimum atomic E-state index is -0.667. The van der Waals surface area contributed by atoms with Crippen LogP contribution in [0, 0.1) is 5.82 Å². The normalized spacial score (nSPS) is 17.2. The molecule has 1 fully saturated rings. The highest BCUT2D eigenvalue weighted by molar-refractivity contribution is 6.31. The first-order valence-corrected chi connectivity index (χ1v) is 9.53. The van der Waals surface area contributed by atoms with Gasteiger partial charge in [-0.1, -0.05) is 23.7 Å². The van der Waals surface area contributed by atoms with Crippen LogP contribution in [0.25, 0.3) is 0 Å². The van der Waals surface area contributed by atoms with Crippen molar-refractivity contribution < 1.29 is 14.0 Å². The minimum Gasteiger partial charge on any atom is -0.356 e. The summed E-state index contributed by atoms with van der Waals surface area (Å²) in [5.74, 6) is -0.891. The van der Waals surface area contributed by atoms with Crippen molar-refractivity contribution >= 4 is 23.4 Å². The van der Waals surface area contributed by atoms with E-state index in [-0.39, 0.29) is 24.8 Å². The van der Waals surface area contributed by atoms with Crippen molar-refractivity contribution in [3.63, 3.8) is 0 Å². The van der Waals surface area contributed by atoms with Crippen molar-refractivity contribution in [3.8, 4) is 0 Å². The van der Waals surface area contributed by atoms with E-state index >= 15 is 0 Å². The molecule has 0 bridgehead atoms. The van der Waals surface area contributed by atoms with Gasteiger partial charge in [0.2, 0.25) is 11.8 Å². The van der Waals surface area contributed by atoms with Crippen LogP contribution in [0.15, 0.2) is 42.6 Å². The number of amides is 2. The molecular weight excluding hydrogens is 383 g/mol. The van der Waals surface area contributed by atoms with Crippen molar-refractivity contribution in [2.24, 2.45) is 0 Å². The summed E-state index contributed by atoms with van der Waals surface area (Å²) < 4.78 is 14.1. The molecule has 1 aliphatic rings. The number of halogens is 2. The predicted molar refractivity (Wildman–Crippen MR) is 104 cm³/mol. The molecule has 3 rings (SSSR count). The number of rotatable bonds is 7. The van der Waals surface area contributed by atoms with Gasteiger partial charge in [-0.2, -0.15) is 0 Å². The number of aromatic nitrogens is 1. The molecule has 0 spiro atoms. The highest BCUT2D eigenvalue weighted by atomic mass is 35.5. The Labute approximate surface area is 168 Å². The van der Waals surface area contributed by atoms with Crippen LogP contribution in [0.3, 0.4) is 0 Å². The second-order valence-corrected chi connectivity index (χ2v) is 7.01. The summed E-state index contributed by atoms with van der Waals surface area (Å²) in [6.45, 7) is 1.57. The fourth-order valence-corrected chi connectivity index (χ4v) is 3.41. The lowest BCUT2D eigenvalue weighted by Crippen LogP contribution is -2.56. The van der Waals surface area contributed by atoms with Crippen LogP contribution in [0.1, 0.15) is 17.7 Å². The Hall–Kier alpha value is -2.51. The van der Waals surface area contributed by atoms with Crippen molar-refractivity contribution in [2.75, 3.05) is 19.6 Å². The van der Waals surface area contributed by atoms with Gasteiger partial charge in [-0.3, -0.25) is 19.5 Å². The molecule has 0 unspecified atom stereocenters. The fraction of sp³-hybridized carbons (Fsp3) is 0.350. The van der Waals surface area contributed by atoms with E-state index in [1.54, 1.807) is 17.2 Å². The highest BCUT2D eigenvalue weighted by Crippen LogP contribution is 2.23. The summed E-state index contributed by atoms with van der Waals surface area (Å²) in [5.41, 5.74) is 1.22. The highest BCUT2D eigenvalue weighted by Gasteiger charge is 2.32. The molecule has 8 heteroatoms. The minimum absolute atomic E-state index is 0.000122. The van der Waals surface area contributed by atoms with Gasteiger partial charge in [0.25, 0.3) is 0 Å². The van der Waals surface area contributed by atoms with Gasteiger partial charge in [-0.15, -0.1) is 0 Å². The first-order chi connectivity index (χ1) is 13.5. The zero-order chi connectivity index (χ0) is 19.9. The van der Waals surface area contributed by atoms with Crippen molar-refractivity contribution in [1.82, 2.24) is 20.5 Å². The summed E-state index contributed by atoms with van der Waals surface area (Å²) in [5, 5.41) is 5.90. The number of pyridine rings is 1. The van der Waals surface area contributed by atoms with Gasteiger partial charge in [0.05, 0.1) is 12.5 Å². The zero-order valence-corrected chi connectivity index (χ0v) is 16.1. The quantitative estimate of drug-likeness (QED) is 0.739. The molecule has 148 valence electrons. The Morgan fingerprint density at radius 2 is 2.18 bits per heavy atom. The average molecular weight is 405 g/mol. The number of carbonyl (C=O) groups is 2.